The standard InChI is InChI=1S/C32H16N8O6S2.Al.ClH.2Na/c41-47(42,43)15-9-11-21-23(13-15)31-38-29(21)36-27-19-7-3-1-5-17(19)25(34-27)33-26-18-6-2-4-8-20(18)28(35-26)37-30-22-12-10-16(48(44,45)46)14-24(22)32(39-30)40-31;;;;/h1-14H,(H2-2,33,34,35,36,37,38,39,40,41,42,43,44,45,46);;1H;;/q-2;+3;;2*+1/p-3. The Morgan fingerprint density at radius 2 is 0.962 bits per heavy atom. The van der Waals surface area contributed by atoms with Gasteiger partial charge in [0.05, 0.1) is 9.79 Å². The Kier molecular flexibility index (Phi) is 8.60. The van der Waals surface area contributed by atoms with E-state index in [1.54, 1.807) is 3.55 Å². The van der Waals surface area contributed by atoms with Gasteiger partial charge in [-0.2, -0.15) is 10.0 Å². The number of rotatable bonds is 2. The van der Waals surface area contributed by atoms with E-state index in [0.29, 0.717) is 49.9 Å². The fraction of sp³-hybridized carbons (Fsp3) is 0. The van der Waals surface area contributed by atoms with Gasteiger partial charge in [-0.05, 0) is 36.4 Å². The van der Waals surface area contributed by atoms with Crippen molar-refractivity contribution in [1.29, 1.82) is 0 Å². The van der Waals surface area contributed by atoms with Gasteiger partial charge in [0.15, 0.2) is 23.3 Å². The Morgan fingerprint density at radius 1 is 0.500 bits per heavy atom. The van der Waals surface area contributed by atoms with Crippen LogP contribution in [0.1, 0.15) is 22.3 Å². The van der Waals surface area contributed by atoms with Crippen LogP contribution in [0.5, 0.6) is 0 Å². The van der Waals surface area contributed by atoms with E-state index in [1.807, 2.05) is 52.1 Å². The average Bonchev–Trinajstić information content (AvgIpc) is 3.79. The van der Waals surface area contributed by atoms with E-state index in [1.165, 1.54) is 36.4 Å². The number of halogens is 1. The first-order valence-electron chi connectivity index (χ1n) is 14.9. The number of aliphatic imine (C=N–C) groups is 4. The maximum atomic E-state index is 12.3. The second-order valence-electron chi connectivity index (χ2n) is 11.7. The number of hydrogen-bond acceptors (Lipinski definition) is 12. The van der Waals surface area contributed by atoms with Gasteiger partial charge in [-0.25, -0.2) is 46.8 Å². The summed E-state index contributed by atoms with van der Waals surface area (Å²) in [6, 6.07) is 22.6. The molecule has 0 aliphatic carbocycles. The molecule has 0 unspecified atom stereocenters. The summed E-state index contributed by atoms with van der Waals surface area (Å²) in [5.41, 5.74) is 2.89. The smallest absolute Gasteiger partial charge is 0.744 e. The number of nitrogens with zero attached hydrogens (tertiary/aromatic N) is 8. The second-order valence-corrected chi connectivity index (χ2v) is 17.3. The summed E-state index contributed by atoms with van der Waals surface area (Å²) < 4.78 is 76.7. The van der Waals surface area contributed by atoms with Gasteiger partial charge >= 0.3 is 72.8 Å². The summed E-state index contributed by atoms with van der Waals surface area (Å²) in [4.78, 5) is 28.5. The van der Waals surface area contributed by atoms with Gasteiger partial charge in [0.2, 0.25) is 0 Å². The third-order valence-electron chi connectivity index (χ3n) is 8.95. The van der Waals surface area contributed by atoms with Gasteiger partial charge in [-0.15, -0.1) is 0 Å². The predicted octanol–water partition coefficient (Wildman–Crippen LogP) is -3.02. The van der Waals surface area contributed by atoms with E-state index in [4.69, 9.17) is 40.0 Å². The van der Waals surface area contributed by atoms with E-state index in [-0.39, 0.29) is 93.4 Å². The third-order valence-corrected chi connectivity index (χ3v) is 13.6. The number of benzene rings is 4. The summed E-state index contributed by atoms with van der Waals surface area (Å²) in [6.45, 7) is 0. The fourth-order valence-corrected chi connectivity index (χ4v) is 10.7. The monoisotopic (exact) mass is 778 g/mol. The van der Waals surface area contributed by atoms with Gasteiger partial charge in [-0.1, -0.05) is 48.5 Å². The van der Waals surface area contributed by atoms with E-state index >= 15 is 0 Å². The zero-order valence-electron chi connectivity index (χ0n) is 26.9. The maximum Gasteiger partial charge on any atom is 1.00 e. The van der Waals surface area contributed by atoms with Crippen LogP contribution in [0.15, 0.2) is 125 Å². The molecular weight excluding hydrogens is 765 g/mol. The van der Waals surface area contributed by atoms with Crippen LogP contribution in [0.4, 0.5) is 11.6 Å². The van der Waals surface area contributed by atoms with Crippen molar-refractivity contribution in [2.24, 2.45) is 30.0 Å². The van der Waals surface area contributed by atoms with Crippen LogP contribution in [0.25, 0.3) is 21.5 Å². The third kappa shape index (κ3) is 5.27. The molecule has 0 N–H and O–H groups in total. The number of aromatic nitrogens is 2. The summed E-state index contributed by atoms with van der Waals surface area (Å²) in [5, 5.41) is 2.02. The first-order valence-corrected chi connectivity index (χ1v) is 20.4. The van der Waals surface area contributed by atoms with Gasteiger partial charge in [0, 0.05) is 43.8 Å². The summed E-state index contributed by atoms with van der Waals surface area (Å²) >= 11 is -3.18. The molecule has 0 amide bonds. The van der Waals surface area contributed by atoms with Gasteiger partial charge in [0.1, 0.15) is 42.8 Å². The quantitative estimate of drug-likeness (QED) is 0.132. The minimum absolute atomic E-state index is 0. The Bertz CT molecular complexity index is 3140. The van der Waals surface area contributed by atoms with Crippen molar-refractivity contribution in [3.63, 3.8) is 0 Å². The molecule has 0 saturated heterocycles. The van der Waals surface area contributed by atoms with Crippen molar-refractivity contribution in [2.75, 3.05) is 0 Å². The van der Waals surface area contributed by atoms with E-state index in [2.05, 4.69) is 0 Å². The van der Waals surface area contributed by atoms with Crippen molar-refractivity contribution >= 4 is 100 Å². The molecule has 6 aromatic rings. The molecular formula is C32H14AlClN8Na2O6S2. The van der Waals surface area contributed by atoms with Crippen LogP contribution in [-0.4, -0.2) is 70.1 Å². The Balaban J connectivity index is 0.00000193. The molecule has 4 aliphatic heterocycles. The second kappa shape index (κ2) is 12.5. The SMILES string of the molecule is O=S(=O)([O-])c1ccc2c(c1)C1=Nc3c4cc(S(=O)(=O)[O-])ccc4c4[n]3[Al]([Cl])[n]3c(c5ccccc5c3=NC2=N1)=NC1=NC(=N4)c2ccccc21.[Na+].[Na+]. The fourth-order valence-electron chi connectivity index (χ4n) is 6.74. The molecule has 20 heteroatoms. The van der Waals surface area contributed by atoms with Crippen LogP contribution >= 0.6 is 10.0 Å². The average molecular weight is 779 g/mol. The molecule has 2 aromatic heterocycles. The van der Waals surface area contributed by atoms with Crippen LogP contribution < -0.4 is 70.1 Å². The normalized spacial score (nSPS) is 15.2. The van der Waals surface area contributed by atoms with E-state index in [0.717, 1.165) is 5.56 Å². The van der Waals surface area contributed by atoms with Crippen LogP contribution in [0.2, 0.25) is 0 Å². The first kappa shape index (κ1) is 35.9. The van der Waals surface area contributed by atoms with Crippen LogP contribution in [-0.2, 0) is 20.2 Å². The summed E-state index contributed by atoms with van der Waals surface area (Å²) in [6.07, 6.45) is 0. The first-order chi connectivity index (χ1) is 24.0. The molecule has 6 heterocycles. The predicted molar refractivity (Wildman–Crippen MR) is 183 cm³/mol. The van der Waals surface area contributed by atoms with Gasteiger partial charge in [0.25, 0.3) is 0 Å². The Labute approximate surface area is 346 Å². The van der Waals surface area contributed by atoms with Crippen LogP contribution in [0.3, 0.4) is 0 Å². The minimum Gasteiger partial charge on any atom is -0.744 e. The van der Waals surface area contributed by atoms with Crippen molar-refractivity contribution in [3.8, 4) is 0 Å². The van der Waals surface area contributed by atoms with Crippen molar-refractivity contribution < 1.29 is 85.1 Å². The van der Waals surface area contributed by atoms with Crippen LogP contribution in [0, 0.1) is 0 Å². The van der Waals surface area contributed by atoms with E-state index < -0.39 is 43.7 Å². The largest absolute Gasteiger partial charge is 1.00 e. The molecule has 6 bridgehead atoms. The molecule has 4 aliphatic rings. The van der Waals surface area contributed by atoms with Crippen molar-refractivity contribution in [2.45, 2.75) is 9.79 Å². The van der Waals surface area contributed by atoms with E-state index in [9.17, 15) is 25.9 Å². The molecule has 10 rings (SSSR count). The van der Waals surface area contributed by atoms with Crippen molar-refractivity contribution in [3.05, 3.63) is 118 Å². The summed E-state index contributed by atoms with van der Waals surface area (Å²) in [7, 11) is -2.12. The molecule has 0 radical (unpaired) electrons. The number of amidine groups is 4. The molecule has 242 valence electrons. The van der Waals surface area contributed by atoms with Gasteiger partial charge < -0.3 is 16.2 Å². The number of fused-ring (bicyclic) bond motifs is 14. The molecule has 52 heavy (non-hydrogen) atoms. The molecule has 4 aromatic carbocycles. The molecule has 14 nitrogen and oxygen atoms in total. The Hall–Kier alpha value is -3.12. The molecule has 0 atom stereocenters. The Morgan fingerprint density at radius 3 is 1.54 bits per heavy atom. The molecule has 0 saturated carbocycles. The van der Waals surface area contributed by atoms with Crippen molar-refractivity contribution in [1.82, 2.24) is 7.10 Å². The maximum absolute atomic E-state index is 12.3. The van der Waals surface area contributed by atoms with Gasteiger partial charge in [-0.3, -0.25) is 0 Å². The number of hydrogen-bond donors (Lipinski definition) is 0. The topological polar surface area (TPSA) is 198 Å². The summed E-state index contributed by atoms with van der Waals surface area (Å²) in [5.74, 6) is 1.28. The zero-order valence-corrected chi connectivity index (χ0v) is 34.4. The zero-order chi connectivity index (χ0) is 34.3. The molecule has 0 fully saturated rings. The minimum atomic E-state index is -4.92. The molecule has 0 spiro atoms.